The minimum Gasteiger partial charge on any atom is -0.490 e. The molecule has 3 rings (SSSR count). The number of hydrogen-bond acceptors (Lipinski definition) is 3. The molecule has 0 bridgehead atoms. The van der Waals surface area contributed by atoms with Crippen LogP contribution in [0.4, 0.5) is 0 Å². The Kier molecular flexibility index (Phi) is 8.46. The van der Waals surface area contributed by atoms with E-state index in [1.54, 1.807) is 12.1 Å². The highest BCUT2D eigenvalue weighted by Crippen LogP contribution is 2.38. The Morgan fingerprint density at radius 2 is 1.70 bits per heavy atom. The molecule has 0 heterocycles. The lowest BCUT2D eigenvalue weighted by Gasteiger charge is -2.18. The normalized spacial score (nSPS) is 11.9. The number of halogens is 3. The van der Waals surface area contributed by atoms with Crippen molar-refractivity contribution >= 4 is 39.1 Å². The van der Waals surface area contributed by atoms with E-state index in [0.29, 0.717) is 41.3 Å². The van der Waals surface area contributed by atoms with E-state index < -0.39 is 0 Å². The summed E-state index contributed by atoms with van der Waals surface area (Å²) in [6, 6.07) is 20.2. The third-order valence-electron chi connectivity index (χ3n) is 4.65. The molecular formula is C24H24BrCl2NO2. The van der Waals surface area contributed by atoms with Crippen molar-refractivity contribution in [2.45, 2.75) is 33.0 Å². The summed E-state index contributed by atoms with van der Waals surface area (Å²) < 4.78 is 12.8. The van der Waals surface area contributed by atoms with Crippen LogP contribution in [0.5, 0.6) is 11.5 Å². The van der Waals surface area contributed by atoms with E-state index in [9.17, 15) is 0 Å². The lowest BCUT2D eigenvalue weighted by atomic mass is 10.1. The average Bonchev–Trinajstić information content (AvgIpc) is 2.74. The second-order valence-corrected chi connectivity index (χ2v) is 8.56. The average molecular weight is 509 g/mol. The highest BCUT2D eigenvalue weighted by molar-refractivity contribution is 9.10. The number of nitrogens with one attached hydrogen (secondary N) is 1. The summed E-state index contributed by atoms with van der Waals surface area (Å²) in [5.41, 5.74) is 3.29. The largest absolute Gasteiger partial charge is 0.490 e. The summed E-state index contributed by atoms with van der Waals surface area (Å²) in [6.07, 6.45) is 0. The van der Waals surface area contributed by atoms with Crippen molar-refractivity contribution in [3.63, 3.8) is 0 Å². The second kappa shape index (κ2) is 11.1. The van der Waals surface area contributed by atoms with Gasteiger partial charge in [-0.15, -0.1) is 0 Å². The van der Waals surface area contributed by atoms with Gasteiger partial charge in [0.15, 0.2) is 11.5 Å². The highest BCUT2D eigenvalue weighted by Gasteiger charge is 2.14. The van der Waals surface area contributed by atoms with Crippen LogP contribution in [-0.2, 0) is 13.2 Å². The molecule has 0 amide bonds. The molecular weight excluding hydrogens is 485 g/mol. The van der Waals surface area contributed by atoms with Crippen LogP contribution >= 0.6 is 39.1 Å². The van der Waals surface area contributed by atoms with Crippen LogP contribution in [0.25, 0.3) is 0 Å². The first kappa shape index (κ1) is 23.0. The maximum atomic E-state index is 6.10. The van der Waals surface area contributed by atoms with Crippen LogP contribution in [0.15, 0.2) is 65.1 Å². The summed E-state index contributed by atoms with van der Waals surface area (Å²) in [7, 11) is 0. The predicted octanol–water partition coefficient (Wildman–Crippen LogP) is 7.58. The van der Waals surface area contributed by atoms with E-state index in [1.807, 2.05) is 25.1 Å². The molecule has 1 atom stereocenters. The summed E-state index contributed by atoms with van der Waals surface area (Å²) in [5, 5.41) is 4.59. The van der Waals surface area contributed by atoms with Crippen molar-refractivity contribution in [2.24, 2.45) is 0 Å². The van der Waals surface area contributed by atoms with Gasteiger partial charge >= 0.3 is 0 Å². The van der Waals surface area contributed by atoms with Gasteiger partial charge in [0.05, 0.1) is 21.1 Å². The zero-order valence-corrected chi connectivity index (χ0v) is 20.0. The Hall–Kier alpha value is -1.72. The smallest absolute Gasteiger partial charge is 0.175 e. The maximum Gasteiger partial charge on any atom is 0.175 e. The molecule has 0 saturated heterocycles. The summed E-state index contributed by atoms with van der Waals surface area (Å²) in [6.45, 7) is 5.73. The molecule has 0 spiro atoms. The van der Waals surface area contributed by atoms with Gasteiger partial charge in [-0.25, -0.2) is 0 Å². The van der Waals surface area contributed by atoms with Crippen LogP contribution in [0.2, 0.25) is 10.0 Å². The second-order valence-electron chi connectivity index (χ2n) is 6.89. The van der Waals surface area contributed by atoms with Gasteiger partial charge in [-0.2, -0.15) is 0 Å². The van der Waals surface area contributed by atoms with Gasteiger partial charge in [0.2, 0.25) is 0 Å². The van der Waals surface area contributed by atoms with Crippen molar-refractivity contribution in [2.75, 3.05) is 6.61 Å². The molecule has 0 aromatic heterocycles. The fraction of sp³-hybridized carbons (Fsp3) is 0.250. The first-order valence-corrected chi connectivity index (χ1v) is 11.3. The Labute approximate surface area is 196 Å². The molecule has 0 saturated carbocycles. The number of rotatable bonds is 9. The Morgan fingerprint density at radius 3 is 2.40 bits per heavy atom. The van der Waals surface area contributed by atoms with Crippen molar-refractivity contribution in [1.82, 2.24) is 5.32 Å². The first-order chi connectivity index (χ1) is 14.5. The molecule has 0 aliphatic heterocycles. The SMILES string of the molecule is CCOc1cc(CN[C@@H](C)c2ccccc2)cc(Br)c1OCc1ccc(Cl)c(Cl)c1. The van der Waals surface area contributed by atoms with E-state index in [2.05, 4.69) is 58.5 Å². The van der Waals surface area contributed by atoms with Gasteiger partial charge in [-0.1, -0.05) is 59.6 Å². The van der Waals surface area contributed by atoms with E-state index in [4.69, 9.17) is 32.7 Å². The van der Waals surface area contributed by atoms with Crippen molar-refractivity contribution in [3.05, 3.63) is 91.9 Å². The molecule has 3 aromatic carbocycles. The lowest BCUT2D eigenvalue weighted by Crippen LogP contribution is -2.18. The minimum atomic E-state index is 0.242. The van der Waals surface area contributed by atoms with E-state index in [1.165, 1.54) is 5.56 Å². The van der Waals surface area contributed by atoms with Gasteiger partial charge < -0.3 is 14.8 Å². The predicted molar refractivity (Wildman–Crippen MR) is 128 cm³/mol. The summed E-state index contributed by atoms with van der Waals surface area (Å²) >= 11 is 15.7. The zero-order chi connectivity index (χ0) is 21.5. The highest BCUT2D eigenvalue weighted by atomic mass is 79.9. The van der Waals surface area contributed by atoms with Crippen molar-refractivity contribution < 1.29 is 9.47 Å². The topological polar surface area (TPSA) is 30.5 Å². The van der Waals surface area contributed by atoms with E-state index in [0.717, 1.165) is 15.6 Å². The molecule has 0 unspecified atom stereocenters. The number of benzene rings is 3. The van der Waals surface area contributed by atoms with Gasteiger partial charge in [0.25, 0.3) is 0 Å². The van der Waals surface area contributed by atoms with Gasteiger partial charge in [0.1, 0.15) is 6.61 Å². The van der Waals surface area contributed by atoms with Crippen LogP contribution in [0.3, 0.4) is 0 Å². The maximum absolute atomic E-state index is 6.10. The third kappa shape index (κ3) is 6.14. The minimum absolute atomic E-state index is 0.242. The van der Waals surface area contributed by atoms with Crippen LogP contribution < -0.4 is 14.8 Å². The van der Waals surface area contributed by atoms with Crippen molar-refractivity contribution in [3.8, 4) is 11.5 Å². The standard InChI is InChI=1S/C24H24BrCl2NO2/c1-3-29-23-13-18(14-28-16(2)19-7-5-4-6-8-19)11-20(25)24(23)30-15-17-9-10-21(26)22(27)12-17/h4-13,16,28H,3,14-15H2,1-2H3/t16-/m0/s1. The van der Waals surface area contributed by atoms with E-state index >= 15 is 0 Å². The molecule has 0 aliphatic rings. The fourth-order valence-corrected chi connectivity index (χ4v) is 3.97. The molecule has 30 heavy (non-hydrogen) atoms. The van der Waals surface area contributed by atoms with E-state index in [-0.39, 0.29) is 6.04 Å². The lowest BCUT2D eigenvalue weighted by molar-refractivity contribution is 0.267. The molecule has 0 fully saturated rings. The van der Waals surface area contributed by atoms with Crippen LogP contribution in [0, 0.1) is 0 Å². The Balaban J connectivity index is 1.72. The van der Waals surface area contributed by atoms with Gasteiger partial charge in [-0.3, -0.25) is 0 Å². The van der Waals surface area contributed by atoms with Gasteiger partial charge in [-0.05, 0) is 70.7 Å². The van der Waals surface area contributed by atoms with Crippen molar-refractivity contribution in [1.29, 1.82) is 0 Å². The Morgan fingerprint density at radius 1 is 0.933 bits per heavy atom. The van der Waals surface area contributed by atoms with Crippen LogP contribution in [0.1, 0.15) is 36.6 Å². The summed E-state index contributed by atoms with van der Waals surface area (Å²) in [4.78, 5) is 0. The molecule has 158 valence electrons. The number of hydrogen-bond donors (Lipinski definition) is 1. The molecule has 1 N–H and O–H groups in total. The Bertz CT molecular complexity index is 982. The fourth-order valence-electron chi connectivity index (χ4n) is 3.04. The molecule has 3 aromatic rings. The third-order valence-corrected chi connectivity index (χ3v) is 5.98. The first-order valence-electron chi connectivity index (χ1n) is 9.78. The molecule has 3 nitrogen and oxygen atoms in total. The monoisotopic (exact) mass is 507 g/mol. The van der Waals surface area contributed by atoms with Gasteiger partial charge in [0, 0.05) is 12.6 Å². The zero-order valence-electron chi connectivity index (χ0n) is 16.9. The summed E-state index contributed by atoms with van der Waals surface area (Å²) in [5.74, 6) is 1.37. The molecule has 0 aliphatic carbocycles. The number of ether oxygens (including phenoxy) is 2. The van der Waals surface area contributed by atoms with Crippen LogP contribution in [-0.4, -0.2) is 6.61 Å². The molecule has 6 heteroatoms. The quantitative estimate of drug-likeness (QED) is 0.323. The molecule has 0 radical (unpaired) electrons.